The third-order valence-corrected chi connectivity index (χ3v) is 5.87. The fourth-order valence-corrected chi connectivity index (χ4v) is 4.44. The van der Waals surface area contributed by atoms with Crippen LogP contribution in [0.2, 0.25) is 0 Å². The van der Waals surface area contributed by atoms with Gasteiger partial charge in [0.2, 0.25) is 5.91 Å². The Morgan fingerprint density at radius 1 is 1.41 bits per heavy atom. The number of aliphatic hydroxyl groups excluding tert-OH is 1. The molecular formula is C19H23BrN2O3S2. The fourth-order valence-electron chi connectivity index (χ4n) is 2.72. The summed E-state index contributed by atoms with van der Waals surface area (Å²) in [6, 6.07) is 7.65. The first-order chi connectivity index (χ1) is 12.6. The van der Waals surface area contributed by atoms with E-state index >= 15 is 0 Å². The molecule has 0 aromatic heterocycles. The van der Waals surface area contributed by atoms with E-state index in [9.17, 15) is 14.7 Å². The Labute approximate surface area is 177 Å². The van der Waals surface area contributed by atoms with E-state index in [1.165, 1.54) is 16.7 Å². The first-order valence-corrected chi connectivity index (χ1v) is 10.6. The van der Waals surface area contributed by atoms with E-state index in [2.05, 4.69) is 15.9 Å². The minimum Gasteiger partial charge on any atom is -0.395 e. The Balaban J connectivity index is 2.06. The molecule has 0 bridgehead atoms. The number of benzene rings is 1. The van der Waals surface area contributed by atoms with Crippen LogP contribution in [0.15, 0.2) is 33.6 Å². The average Bonchev–Trinajstić information content (AvgIpc) is 2.83. The Hall–Kier alpha value is -1.22. The van der Waals surface area contributed by atoms with Gasteiger partial charge in [-0.15, -0.1) is 0 Å². The van der Waals surface area contributed by atoms with Gasteiger partial charge in [0.1, 0.15) is 4.32 Å². The zero-order valence-corrected chi connectivity index (χ0v) is 18.8. The lowest BCUT2D eigenvalue weighted by Crippen LogP contribution is -2.48. The number of nitrogens with zero attached hydrogens (tertiary/aromatic N) is 2. The maximum atomic E-state index is 12.7. The summed E-state index contributed by atoms with van der Waals surface area (Å²) in [7, 11) is 0. The van der Waals surface area contributed by atoms with Gasteiger partial charge in [-0.2, -0.15) is 0 Å². The lowest BCUT2D eigenvalue weighted by molar-refractivity contribution is -0.137. The lowest BCUT2D eigenvalue weighted by atomic mass is 10.1. The molecule has 0 spiro atoms. The molecule has 1 aliphatic heterocycles. The van der Waals surface area contributed by atoms with Crippen molar-refractivity contribution in [3.8, 4) is 0 Å². The van der Waals surface area contributed by atoms with E-state index in [-0.39, 0.29) is 37.9 Å². The minimum absolute atomic E-state index is 0.0978. The third-order valence-electron chi connectivity index (χ3n) is 4.00. The number of rotatable bonds is 6. The zero-order chi connectivity index (χ0) is 20.2. The van der Waals surface area contributed by atoms with Crippen molar-refractivity contribution in [2.75, 3.05) is 19.7 Å². The number of amides is 2. The van der Waals surface area contributed by atoms with E-state index < -0.39 is 5.54 Å². The number of carbonyl (C=O) groups excluding carboxylic acids is 2. The van der Waals surface area contributed by atoms with Gasteiger partial charge in [-0.3, -0.25) is 14.5 Å². The Bertz CT molecular complexity index is 774. The molecule has 8 heteroatoms. The molecule has 0 atom stereocenters. The van der Waals surface area contributed by atoms with Crippen LogP contribution in [-0.4, -0.2) is 56.3 Å². The smallest absolute Gasteiger partial charge is 0.266 e. The molecule has 27 heavy (non-hydrogen) atoms. The number of thiocarbonyl (C=S) groups is 1. The van der Waals surface area contributed by atoms with Crippen molar-refractivity contribution < 1.29 is 14.7 Å². The van der Waals surface area contributed by atoms with Gasteiger partial charge in [-0.05, 0) is 44.5 Å². The molecule has 5 nitrogen and oxygen atoms in total. The maximum absolute atomic E-state index is 12.7. The summed E-state index contributed by atoms with van der Waals surface area (Å²) in [6.07, 6.45) is 1.97. The quantitative estimate of drug-likeness (QED) is 0.507. The number of aliphatic hydroxyl groups is 1. The van der Waals surface area contributed by atoms with Crippen LogP contribution in [0.3, 0.4) is 0 Å². The number of halogens is 1. The van der Waals surface area contributed by atoms with Crippen molar-refractivity contribution in [2.24, 2.45) is 0 Å². The summed E-state index contributed by atoms with van der Waals surface area (Å²) >= 11 is 10.00. The van der Waals surface area contributed by atoms with Crippen LogP contribution in [0.5, 0.6) is 0 Å². The van der Waals surface area contributed by atoms with Crippen LogP contribution >= 0.6 is 39.9 Å². The van der Waals surface area contributed by atoms with Gasteiger partial charge < -0.3 is 10.0 Å². The highest BCUT2D eigenvalue weighted by atomic mass is 79.9. The van der Waals surface area contributed by atoms with Crippen molar-refractivity contribution in [1.29, 1.82) is 0 Å². The van der Waals surface area contributed by atoms with E-state index in [1.54, 1.807) is 11.0 Å². The normalized spacial score (nSPS) is 16.3. The average molecular weight is 471 g/mol. The van der Waals surface area contributed by atoms with Gasteiger partial charge in [-0.25, -0.2) is 0 Å². The Kier molecular flexibility index (Phi) is 7.62. The molecule has 2 rings (SSSR count). The van der Waals surface area contributed by atoms with Crippen LogP contribution in [0, 0.1) is 0 Å². The van der Waals surface area contributed by atoms with Crippen molar-refractivity contribution in [3.05, 3.63) is 39.2 Å². The number of thioether (sulfide) groups is 1. The van der Waals surface area contributed by atoms with Crippen LogP contribution < -0.4 is 0 Å². The molecule has 0 unspecified atom stereocenters. The molecule has 1 fully saturated rings. The highest BCUT2D eigenvalue weighted by Crippen LogP contribution is 2.33. The molecule has 2 amide bonds. The summed E-state index contributed by atoms with van der Waals surface area (Å²) in [5.74, 6) is -0.288. The number of hydrogen-bond donors (Lipinski definition) is 1. The summed E-state index contributed by atoms with van der Waals surface area (Å²) < 4.78 is 1.39. The molecule has 1 heterocycles. The molecule has 1 saturated heterocycles. The maximum Gasteiger partial charge on any atom is 0.266 e. The highest BCUT2D eigenvalue weighted by molar-refractivity contribution is 9.10. The van der Waals surface area contributed by atoms with Crippen LogP contribution in [0.4, 0.5) is 0 Å². The van der Waals surface area contributed by atoms with E-state index in [0.29, 0.717) is 9.23 Å². The summed E-state index contributed by atoms with van der Waals surface area (Å²) in [5.41, 5.74) is 0.512. The molecule has 1 aromatic carbocycles. The number of β-amino-alcohol motifs (C(OH)–C–C–N with tert-alkyl or cyclic N) is 1. The van der Waals surface area contributed by atoms with E-state index in [1.807, 2.05) is 45.0 Å². The highest BCUT2D eigenvalue weighted by Gasteiger charge is 2.33. The molecule has 1 aliphatic rings. The van der Waals surface area contributed by atoms with Gasteiger partial charge in [0.15, 0.2) is 0 Å². The molecule has 1 aromatic rings. The van der Waals surface area contributed by atoms with Crippen LogP contribution in [0.25, 0.3) is 6.08 Å². The monoisotopic (exact) mass is 470 g/mol. The zero-order valence-electron chi connectivity index (χ0n) is 15.6. The fraction of sp³-hybridized carbons (Fsp3) is 0.421. The van der Waals surface area contributed by atoms with Gasteiger partial charge >= 0.3 is 0 Å². The van der Waals surface area contributed by atoms with Crippen molar-refractivity contribution in [2.45, 2.75) is 32.7 Å². The number of carbonyl (C=O) groups is 2. The summed E-state index contributed by atoms with van der Waals surface area (Å²) in [6.45, 7) is 6.16. The Morgan fingerprint density at radius 2 is 2.11 bits per heavy atom. The molecule has 1 N–H and O–H groups in total. The van der Waals surface area contributed by atoms with E-state index in [4.69, 9.17) is 12.2 Å². The first kappa shape index (κ1) is 22.1. The van der Waals surface area contributed by atoms with Gasteiger partial charge in [-0.1, -0.05) is 52.0 Å². The second-order valence-corrected chi connectivity index (χ2v) is 9.67. The molecule has 0 aliphatic carbocycles. The standard InChI is InChI=1S/C19H23BrN2O3S2/c1-19(2,3)22(9-10-23)16(24)7-8-21-17(25)15(27-18(21)26)12-13-5-4-6-14(20)11-13/h4-6,11-12,23H,7-10H2,1-3H3/b15-12+. The summed E-state index contributed by atoms with van der Waals surface area (Å²) in [4.78, 5) is 28.9. The Morgan fingerprint density at radius 3 is 2.70 bits per heavy atom. The first-order valence-electron chi connectivity index (χ1n) is 8.55. The van der Waals surface area contributed by atoms with Crippen LogP contribution in [0.1, 0.15) is 32.8 Å². The largest absolute Gasteiger partial charge is 0.395 e. The predicted octanol–water partition coefficient (Wildman–Crippen LogP) is 3.66. The second-order valence-electron chi connectivity index (χ2n) is 7.08. The minimum atomic E-state index is -0.393. The molecule has 0 saturated carbocycles. The third kappa shape index (κ3) is 5.88. The molecular weight excluding hydrogens is 448 g/mol. The number of hydrogen-bond acceptors (Lipinski definition) is 5. The SMILES string of the molecule is CC(C)(C)N(CCO)C(=O)CCN1C(=O)/C(=C\c2cccc(Br)c2)SC1=S. The topological polar surface area (TPSA) is 60.9 Å². The van der Waals surface area contributed by atoms with E-state index in [0.717, 1.165) is 10.0 Å². The van der Waals surface area contributed by atoms with Crippen molar-refractivity contribution in [1.82, 2.24) is 9.80 Å². The van der Waals surface area contributed by atoms with Crippen molar-refractivity contribution in [3.63, 3.8) is 0 Å². The summed E-state index contributed by atoms with van der Waals surface area (Å²) in [5, 5.41) is 9.21. The van der Waals surface area contributed by atoms with Gasteiger partial charge in [0.05, 0.1) is 11.5 Å². The van der Waals surface area contributed by atoms with Crippen molar-refractivity contribution >= 4 is 62.1 Å². The van der Waals surface area contributed by atoms with Gasteiger partial charge in [0.25, 0.3) is 5.91 Å². The molecule has 0 radical (unpaired) electrons. The lowest BCUT2D eigenvalue weighted by Gasteiger charge is -2.35. The van der Waals surface area contributed by atoms with Crippen LogP contribution in [-0.2, 0) is 9.59 Å². The second kappa shape index (κ2) is 9.32. The van der Waals surface area contributed by atoms with Gasteiger partial charge in [0, 0.05) is 29.5 Å². The molecule has 146 valence electrons. The predicted molar refractivity (Wildman–Crippen MR) is 117 cm³/mol.